The van der Waals surface area contributed by atoms with Gasteiger partial charge >= 0.3 is 0 Å². The zero-order valence-corrected chi connectivity index (χ0v) is 18.7. The molecule has 0 atom stereocenters. The molecule has 158 valence electrons. The van der Waals surface area contributed by atoms with Crippen LogP contribution >= 0.6 is 11.3 Å². The number of benzene rings is 1. The summed E-state index contributed by atoms with van der Waals surface area (Å²) in [5.74, 6) is 1.47. The van der Waals surface area contributed by atoms with E-state index in [-0.39, 0.29) is 15.6 Å². The predicted octanol–water partition coefficient (Wildman–Crippen LogP) is 4.66. The molecule has 0 aliphatic heterocycles. The van der Waals surface area contributed by atoms with E-state index in [0.29, 0.717) is 17.6 Å². The van der Waals surface area contributed by atoms with Crippen molar-refractivity contribution in [3.63, 3.8) is 0 Å². The molecule has 0 amide bonds. The van der Waals surface area contributed by atoms with E-state index in [9.17, 15) is 8.42 Å². The van der Waals surface area contributed by atoms with Crippen molar-refractivity contribution in [3.8, 4) is 0 Å². The highest BCUT2D eigenvalue weighted by molar-refractivity contribution is 7.91. The number of rotatable bonds is 5. The first-order valence-electron chi connectivity index (χ1n) is 9.63. The molecule has 8 nitrogen and oxygen atoms in total. The maximum Gasteiger partial charge on any atom is 0.229 e. The molecule has 0 spiro atoms. The number of aromatic nitrogens is 4. The maximum absolute atomic E-state index is 13.4. The first kappa shape index (κ1) is 19.7. The summed E-state index contributed by atoms with van der Waals surface area (Å²) in [6.45, 7) is 4.12. The van der Waals surface area contributed by atoms with Gasteiger partial charge in [0.2, 0.25) is 20.7 Å². The summed E-state index contributed by atoms with van der Waals surface area (Å²) in [4.78, 5) is 6.60. The zero-order valence-electron chi connectivity index (χ0n) is 17.1. The molecule has 0 fully saturated rings. The van der Waals surface area contributed by atoms with Crippen LogP contribution in [-0.4, -0.2) is 35.3 Å². The van der Waals surface area contributed by atoms with Crippen molar-refractivity contribution >= 4 is 48.7 Å². The van der Waals surface area contributed by atoms with Crippen molar-refractivity contribution in [2.75, 3.05) is 11.9 Å². The smallest absolute Gasteiger partial charge is 0.229 e. The summed E-state index contributed by atoms with van der Waals surface area (Å²) in [5, 5.41) is 9.86. The summed E-state index contributed by atoms with van der Waals surface area (Å²) in [5.41, 5.74) is 1.96. The summed E-state index contributed by atoms with van der Waals surface area (Å²) in [7, 11) is -2.09. The number of sulfone groups is 1. The lowest BCUT2D eigenvalue weighted by Gasteiger charge is -2.16. The van der Waals surface area contributed by atoms with Gasteiger partial charge in [-0.05, 0) is 41.1 Å². The number of fused-ring (bicyclic) bond motifs is 3. The fraction of sp³-hybridized carbons (Fsp3) is 0.190. The molecule has 4 aromatic heterocycles. The summed E-state index contributed by atoms with van der Waals surface area (Å²) >= 11 is 1.49. The Morgan fingerprint density at radius 1 is 1.13 bits per heavy atom. The van der Waals surface area contributed by atoms with Gasteiger partial charge in [-0.25, -0.2) is 13.4 Å². The van der Waals surface area contributed by atoms with Crippen molar-refractivity contribution in [1.82, 2.24) is 19.8 Å². The van der Waals surface area contributed by atoms with Crippen LogP contribution in [0.2, 0.25) is 0 Å². The first-order chi connectivity index (χ1) is 14.9. The second-order valence-electron chi connectivity index (χ2n) is 7.44. The Hall–Kier alpha value is -3.24. The molecule has 5 aromatic rings. The molecule has 0 saturated carbocycles. The molecule has 0 unspecified atom stereocenters. The minimum Gasteiger partial charge on any atom is -0.448 e. The Labute approximate surface area is 182 Å². The zero-order chi connectivity index (χ0) is 21.8. The number of hydrogen-bond acceptors (Lipinski definition) is 8. The van der Waals surface area contributed by atoms with Crippen molar-refractivity contribution in [3.05, 3.63) is 59.7 Å². The third kappa shape index (κ3) is 3.10. The van der Waals surface area contributed by atoms with Gasteiger partial charge in [-0.1, -0.05) is 31.2 Å². The molecule has 0 bridgehead atoms. The van der Waals surface area contributed by atoms with Crippen LogP contribution < -0.4 is 4.90 Å². The second-order valence-corrected chi connectivity index (χ2v) is 10.2. The average Bonchev–Trinajstić information content (AvgIpc) is 3.52. The van der Waals surface area contributed by atoms with Crippen LogP contribution in [-0.2, 0) is 9.84 Å². The molecular weight excluding hydrogens is 434 g/mol. The van der Waals surface area contributed by atoms with E-state index >= 15 is 0 Å². The largest absolute Gasteiger partial charge is 0.448 e. The lowest BCUT2D eigenvalue weighted by Crippen LogP contribution is -2.12. The van der Waals surface area contributed by atoms with E-state index in [1.165, 1.54) is 15.9 Å². The number of hydrogen-bond donors (Lipinski definition) is 0. The van der Waals surface area contributed by atoms with Crippen LogP contribution in [0.4, 0.5) is 11.7 Å². The molecular formula is C21H19N5O3S2. The van der Waals surface area contributed by atoms with Crippen LogP contribution in [0.1, 0.15) is 25.3 Å². The average molecular weight is 454 g/mol. The summed E-state index contributed by atoms with van der Waals surface area (Å²) < 4.78 is 34.6. The normalized spacial score (nSPS) is 12.3. The Bertz CT molecular complexity index is 1480. The number of thiophene rings is 1. The fourth-order valence-electron chi connectivity index (χ4n) is 3.42. The van der Waals surface area contributed by atoms with Gasteiger partial charge < -0.3 is 4.42 Å². The van der Waals surface area contributed by atoms with Crippen LogP contribution in [0.15, 0.2) is 68.4 Å². The van der Waals surface area contributed by atoms with Gasteiger partial charge in [-0.15, -0.1) is 16.4 Å². The Kier molecular flexibility index (Phi) is 4.56. The minimum absolute atomic E-state index is 0.160. The van der Waals surface area contributed by atoms with E-state index in [1.807, 2.05) is 36.7 Å². The summed E-state index contributed by atoms with van der Waals surface area (Å²) in [6.07, 6.45) is 1.58. The van der Waals surface area contributed by atoms with Gasteiger partial charge in [0.25, 0.3) is 0 Å². The van der Waals surface area contributed by atoms with Gasteiger partial charge in [0.05, 0.1) is 21.4 Å². The van der Waals surface area contributed by atoms with Crippen molar-refractivity contribution in [2.45, 2.75) is 29.7 Å². The van der Waals surface area contributed by atoms with Crippen LogP contribution in [0.5, 0.6) is 0 Å². The van der Waals surface area contributed by atoms with Crippen LogP contribution in [0.25, 0.3) is 15.9 Å². The lowest BCUT2D eigenvalue weighted by molar-refractivity contribution is 0.569. The fourth-order valence-corrected chi connectivity index (χ4v) is 5.55. The molecule has 31 heavy (non-hydrogen) atoms. The monoisotopic (exact) mass is 453 g/mol. The van der Waals surface area contributed by atoms with Gasteiger partial charge in [0.15, 0.2) is 11.5 Å². The van der Waals surface area contributed by atoms with Crippen LogP contribution in [0, 0.1) is 0 Å². The quantitative estimate of drug-likeness (QED) is 0.382. The first-order valence-corrected chi connectivity index (χ1v) is 12.0. The molecule has 4 heterocycles. The molecule has 10 heteroatoms. The predicted molar refractivity (Wildman–Crippen MR) is 119 cm³/mol. The van der Waals surface area contributed by atoms with Crippen molar-refractivity contribution in [2.24, 2.45) is 0 Å². The van der Waals surface area contributed by atoms with Gasteiger partial charge in [0.1, 0.15) is 0 Å². The number of nitrogens with zero attached hydrogens (tertiary/aromatic N) is 5. The maximum atomic E-state index is 13.4. The molecule has 0 radical (unpaired) electrons. The molecule has 0 N–H and O–H groups in total. The molecule has 0 aliphatic carbocycles. The summed E-state index contributed by atoms with van der Waals surface area (Å²) in [6, 6.07) is 12.3. The van der Waals surface area contributed by atoms with Crippen molar-refractivity contribution in [1.29, 1.82) is 0 Å². The highest BCUT2D eigenvalue weighted by Crippen LogP contribution is 2.35. The number of anilines is 2. The topological polar surface area (TPSA) is 93.6 Å². The SMILES string of the molecule is CC(C)c1ccc(S(=O)(=O)c2nnn3c2nc(N(C)c2ccco2)c2sccc23)cc1. The van der Waals surface area contributed by atoms with Gasteiger partial charge in [0, 0.05) is 13.1 Å². The van der Waals surface area contributed by atoms with E-state index in [1.54, 1.807) is 29.4 Å². The Morgan fingerprint density at radius 2 is 1.90 bits per heavy atom. The second kappa shape index (κ2) is 7.17. The van der Waals surface area contributed by atoms with E-state index in [0.717, 1.165) is 15.8 Å². The van der Waals surface area contributed by atoms with E-state index in [2.05, 4.69) is 29.1 Å². The lowest BCUT2D eigenvalue weighted by atomic mass is 10.0. The van der Waals surface area contributed by atoms with Crippen molar-refractivity contribution < 1.29 is 12.8 Å². The molecule has 5 rings (SSSR count). The highest BCUT2D eigenvalue weighted by Gasteiger charge is 2.28. The van der Waals surface area contributed by atoms with E-state index < -0.39 is 9.84 Å². The number of furan rings is 1. The van der Waals surface area contributed by atoms with E-state index in [4.69, 9.17) is 4.42 Å². The standard InChI is InChI=1S/C21H19N5O3S2/c1-13(2)14-6-8-15(9-7-14)31(27,28)21-20-22-19(25(3)17-5-4-11-29-17)18-16(10-12-30-18)26(20)24-23-21/h4-13H,1-3H3. The van der Waals surface area contributed by atoms with Gasteiger partial charge in [-0.2, -0.15) is 4.52 Å². The molecule has 0 aliphatic rings. The molecule has 0 saturated heterocycles. The third-order valence-electron chi connectivity index (χ3n) is 5.17. The Balaban J connectivity index is 1.71. The minimum atomic E-state index is -3.91. The van der Waals surface area contributed by atoms with Crippen LogP contribution in [0.3, 0.4) is 0 Å². The molecule has 1 aromatic carbocycles. The Morgan fingerprint density at radius 3 is 2.58 bits per heavy atom. The van der Waals surface area contributed by atoms with Gasteiger partial charge in [-0.3, -0.25) is 4.90 Å². The highest BCUT2D eigenvalue weighted by atomic mass is 32.2. The third-order valence-corrected chi connectivity index (χ3v) is 7.74.